The lowest BCUT2D eigenvalue weighted by Crippen LogP contribution is -2.30. The van der Waals surface area contributed by atoms with Gasteiger partial charge in [0, 0.05) is 19.5 Å². The second-order valence-electron chi connectivity index (χ2n) is 6.49. The van der Waals surface area contributed by atoms with Gasteiger partial charge in [0.2, 0.25) is 11.7 Å². The number of para-hydroxylation sites is 1. The van der Waals surface area contributed by atoms with Crippen LogP contribution < -0.4 is 10.9 Å². The molecule has 0 bridgehead atoms. The van der Waals surface area contributed by atoms with Crippen molar-refractivity contribution in [2.45, 2.75) is 32.0 Å². The van der Waals surface area contributed by atoms with Gasteiger partial charge < -0.3 is 5.32 Å². The second kappa shape index (κ2) is 8.22. The highest BCUT2D eigenvalue weighted by atomic mass is 32.2. The Morgan fingerprint density at radius 2 is 2.11 bits per heavy atom. The quantitative estimate of drug-likeness (QED) is 0.623. The zero-order chi connectivity index (χ0) is 19.4. The van der Waals surface area contributed by atoms with Gasteiger partial charge in [-0.1, -0.05) is 37.7 Å². The molecule has 0 unspecified atom stereocenters. The normalized spacial score (nSPS) is 11.2. The summed E-state index contributed by atoms with van der Waals surface area (Å²) in [5, 5.41) is 21.1. The summed E-state index contributed by atoms with van der Waals surface area (Å²) in [5.74, 6) is 0.850. The Hall–Kier alpha value is -2.86. The molecular weight excluding hydrogens is 364 g/mol. The van der Waals surface area contributed by atoms with Crippen LogP contribution in [0.15, 0.2) is 34.2 Å². The number of hydrogen-bond donors (Lipinski definition) is 1. The molecular formula is C18H20N6O2S. The van der Waals surface area contributed by atoms with Gasteiger partial charge in [0.25, 0.3) is 5.56 Å². The molecule has 140 valence electrons. The van der Waals surface area contributed by atoms with Crippen LogP contribution in [0.4, 0.5) is 0 Å². The van der Waals surface area contributed by atoms with E-state index in [0.29, 0.717) is 34.3 Å². The lowest BCUT2D eigenvalue weighted by atomic mass is 10.2. The van der Waals surface area contributed by atoms with Crippen LogP contribution in [0.1, 0.15) is 20.3 Å². The Morgan fingerprint density at radius 3 is 2.85 bits per heavy atom. The number of rotatable bonds is 7. The number of thioether (sulfide) groups is 1. The Morgan fingerprint density at radius 1 is 1.33 bits per heavy atom. The lowest BCUT2D eigenvalue weighted by molar-refractivity contribution is -0.121. The van der Waals surface area contributed by atoms with Crippen LogP contribution in [0.2, 0.25) is 0 Å². The van der Waals surface area contributed by atoms with Crippen molar-refractivity contribution in [3.8, 4) is 6.07 Å². The molecule has 3 aromatic rings. The standard InChI is InChI=1S/C18H20N6O2S/c1-12(2)11-20-15(25)7-9-23-16(26)13-5-3-4-6-14(13)24-17(23)21-22-18(24)27-10-8-19/h3-6,12H,7,9-11H2,1-2H3,(H,20,25). The summed E-state index contributed by atoms with van der Waals surface area (Å²) in [6, 6.07) is 9.26. The van der Waals surface area contributed by atoms with E-state index >= 15 is 0 Å². The number of carbonyl (C=O) groups is 1. The average molecular weight is 384 g/mol. The van der Waals surface area contributed by atoms with E-state index in [-0.39, 0.29) is 30.2 Å². The zero-order valence-electron chi connectivity index (χ0n) is 15.2. The predicted octanol–water partition coefficient (Wildman–Crippen LogP) is 1.82. The second-order valence-corrected chi connectivity index (χ2v) is 7.43. The molecule has 2 heterocycles. The number of aryl methyl sites for hydroxylation is 1. The van der Waals surface area contributed by atoms with Gasteiger partial charge in [0.1, 0.15) is 0 Å². The Labute approximate surface area is 160 Å². The minimum atomic E-state index is -0.209. The molecule has 0 aliphatic rings. The molecule has 1 amide bonds. The van der Waals surface area contributed by atoms with Crippen molar-refractivity contribution in [1.29, 1.82) is 5.26 Å². The summed E-state index contributed by atoms with van der Waals surface area (Å²) >= 11 is 1.26. The highest BCUT2D eigenvalue weighted by Gasteiger charge is 2.17. The molecule has 2 aromatic heterocycles. The number of benzene rings is 1. The lowest BCUT2D eigenvalue weighted by Gasteiger charge is -2.11. The molecule has 0 aliphatic heterocycles. The van der Waals surface area contributed by atoms with E-state index in [1.54, 1.807) is 16.5 Å². The van der Waals surface area contributed by atoms with E-state index in [1.807, 2.05) is 26.0 Å². The molecule has 3 rings (SSSR count). The van der Waals surface area contributed by atoms with E-state index in [4.69, 9.17) is 5.26 Å². The maximum Gasteiger partial charge on any atom is 0.262 e. The van der Waals surface area contributed by atoms with Crippen LogP contribution in [-0.4, -0.2) is 37.4 Å². The number of nitrogens with one attached hydrogen (secondary N) is 1. The Kier molecular flexibility index (Phi) is 5.76. The van der Waals surface area contributed by atoms with Gasteiger partial charge in [0.15, 0.2) is 5.16 Å². The maximum atomic E-state index is 12.9. The van der Waals surface area contributed by atoms with Crippen LogP contribution in [0.3, 0.4) is 0 Å². The van der Waals surface area contributed by atoms with Crippen LogP contribution in [-0.2, 0) is 11.3 Å². The molecule has 1 N–H and O–H groups in total. The van der Waals surface area contributed by atoms with Crippen molar-refractivity contribution in [1.82, 2.24) is 24.5 Å². The Bertz CT molecular complexity index is 1080. The number of nitrogens with zero attached hydrogens (tertiary/aromatic N) is 5. The van der Waals surface area contributed by atoms with Crippen LogP contribution in [0.25, 0.3) is 16.7 Å². The molecule has 0 saturated carbocycles. The first-order valence-corrected chi connectivity index (χ1v) is 9.64. The monoisotopic (exact) mass is 384 g/mol. The number of amides is 1. The highest BCUT2D eigenvalue weighted by molar-refractivity contribution is 7.99. The van der Waals surface area contributed by atoms with Crippen molar-refractivity contribution in [2.24, 2.45) is 5.92 Å². The molecule has 1 aromatic carbocycles. The first kappa shape index (κ1) is 18.9. The highest BCUT2D eigenvalue weighted by Crippen LogP contribution is 2.21. The van der Waals surface area contributed by atoms with E-state index in [2.05, 4.69) is 21.6 Å². The fourth-order valence-electron chi connectivity index (χ4n) is 2.75. The SMILES string of the molecule is CC(C)CNC(=O)CCn1c(=O)c2ccccc2n2c(SCC#N)nnc12. The number of hydrogen-bond acceptors (Lipinski definition) is 6. The number of aromatic nitrogens is 4. The van der Waals surface area contributed by atoms with Crippen molar-refractivity contribution < 1.29 is 4.79 Å². The van der Waals surface area contributed by atoms with Gasteiger partial charge in [-0.2, -0.15) is 5.26 Å². The van der Waals surface area contributed by atoms with Crippen LogP contribution >= 0.6 is 11.8 Å². The topological polar surface area (TPSA) is 105 Å². The summed E-state index contributed by atoms with van der Waals surface area (Å²) in [7, 11) is 0. The largest absolute Gasteiger partial charge is 0.356 e. The third kappa shape index (κ3) is 3.95. The molecule has 0 radical (unpaired) electrons. The van der Waals surface area contributed by atoms with Gasteiger partial charge in [-0.25, -0.2) is 0 Å². The molecule has 0 spiro atoms. The van der Waals surface area contributed by atoms with E-state index in [0.717, 1.165) is 0 Å². The maximum absolute atomic E-state index is 12.9. The average Bonchev–Trinajstić information content (AvgIpc) is 3.08. The van der Waals surface area contributed by atoms with Gasteiger partial charge in [0.05, 0.1) is 22.7 Å². The number of nitriles is 1. The van der Waals surface area contributed by atoms with Gasteiger partial charge in [-0.15, -0.1) is 10.2 Å². The fourth-order valence-corrected chi connectivity index (χ4v) is 3.35. The minimum absolute atomic E-state index is 0.111. The number of fused-ring (bicyclic) bond motifs is 3. The van der Waals surface area contributed by atoms with Crippen LogP contribution in [0, 0.1) is 17.2 Å². The summed E-state index contributed by atoms with van der Waals surface area (Å²) in [5.41, 5.74) is 0.474. The third-order valence-corrected chi connectivity index (χ3v) is 4.81. The smallest absolute Gasteiger partial charge is 0.262 e. The van der Waals surface area contributed by atoms with Gasteiger partial charge in [-0.3, -0.25) is 18.6 Å². The zero-order valence-corrected chi connectivity index (χ0v) is 16.0. The molecule has 27 heavy (non-hydrogen) atoms. The fraction of sp³-hybridized carbons (Fsp3) is 0.389. The Balaban J connectivity index is 2.02. The molecule has 0 saturated heterocycles. The number of carbonyl (C=O) groups excluding carboxylic acids is 1. The van der Waals surface area contributed by atoms with Crippen molar-refractivity contribution in [3.63, 3.8) is 0 Å². The van der Waals surface area contributed by atoms with Crippen molar-refractivity contribution >= 4 is 34.3 Å². The van der Waals surface area contributed by atoms with E-state index < -0.39 is 0 Å². The van der Waals surface area contributed by atoms with E-state index in [9.17, 15) is 9.59 Å². The first-order chi connectivity index (χ1) is 13.0. The predicted molar refractivity (Wildman–Crippen MR) is 104 cm³/mol. The first-order valence-electron chi connectivity index (χ1n) is 8.66. The summed E-state index contributed by atoms with van der Waals surface area (Å²) < 4.78 is 3.24. The van der Waals surface area contributed by atoms with Crippen molar-refractivity contribution in [3.05, 3.63) is 34.6 Å². The third-order valence-electron chi connectivity index (χ3n) is 4.01. The summed E-state index contributed by atoms with van der Waals surface area (Å²) in [6.45, 7) is 4.85. The van der Waals surface area contributed by atoms with Crippen LogP contribution in [0.5, 0.6) is 0 Å². The van der Waals surface area contributed by atoms with Gasteiger partial charge >= 0.3 is 0 Å². The summed E-state index contributed by atoms with van der Waals surface area (Å²) in [4.78, 5) is 25.0. The molecule has 0 aliphatic carbocycles. The molecule has 9 heteroatoms. The van der Waals surface area contributed by atoms with E-state index in [1.165, 1.54) is 16.3 Å². The molecule has 0 atom stereocenters. The van der Waals surface area contributed by atoms with Crippen molar-refractivity contribution in [2.75, 3.05) is 12.3 Å². The minimum Gasteiger partial charge on any atom is -0.356 e. The summed E-state index contributed by atoms with van der Waals surface area (Å²) in [6.07, 6.45) is 0.175. The molecule has 0 fully saturated rings. The molecule has 8 nitrogen and oxygen atoms in total. The van der Waals surface area contributed by atoms with Gasteiger partial charge in [-0.05, 0) is 18.1 Å².